The van der Waals surface area contributed by atoms with Crippen molar-refractivity contribution in [1.29, 1.82) is 0 Å². The molecule has 6 nitrogen and oxygen atoms in total. The van der Waals surface area contributed by atoms with E-state index in [0.717, 1.165) is 78.1 Å². The van der Waals surface area contributed by atoms with E-state index in [4.69, 9.17) is 19.4 Å². The van der Waals surface area contributed by atoms with Gasteiger partial charge in [0.1, 0.15) is 16.9 Å². The minimum atomic E-state index is 0.172. The van der Waals surface area contributed by atoms with Crippen LogP contribution in [-0.2, 0) is 0 Å². The van der Waals surface area contributed by atoms with Crippen LogP contribution < -0.4 is 0 Å². The molecule has 5 aromatic carbocycles. The Labute approximate surface area is 295 Å². The Kier molecular flexibility index (Phi) is 7.25. The van der Waals surface area contributed by atoms with Crippen molar-refractivity contribution in [2.75, 3.05) is 0 Å². The van der Waals surface area contributed by atoms with E-state index in [-0.39, 0.29) is 11.7 Å². The van der Waals surface area contributed by atoms with Gasteiger partial charge in [0.2, 0.25) is 5.78 Å². The van der Waals surface area contributed by atoms with Gasteiger partial charge in [-0.3, -0.25) is 4.40 Å². The Morgan fingerprint density at radius 1 is 0.608 bits per heavy atom. The summed E-state index contributed by atoms with van der Waals surface area (Å²) in [6.07, 6.45) is 2.08. The molecule has 0 amide bonds. The van der Waals surface area contributed by atoms with Gasteiger partial charge >= 0.3 is 0 Å². The van der Waals surface area contributed by atoms with Crippen molar-refractivity contribution in [2.45, 2.75) is 26.7 Å². The van der Waals surface area contributed by atoms with Crippen LogP contribution in [0.4, 0.5) is 0 Å². The van der Waals surface area contributed by atoms with E-state index < -0.39 is 0 Å². The van der Waals surface area contributed by atoms with Crippen molar-refractivity contribution >= 4 is 27.7 Å². The van der Waals surface area contributed by atoms with Gasteiger partial charge in [-0.25, -0.2) is 15.0 Å². The molecule has 246 valence electrons. The van der Waals surface area contributed by atoms with Crippen LogP contribution in [0, 0.1) is 6.92 Å². The zero-order valence-electron chi connectivity index (χ0n) is 28.5. The van der Waals surface area contributed by atoms with Crippen molar-refractivity contribution in [3.05, 3.63) is 151 Å². The number of imidazole rings is 1. The van der Waals surface area contributed by atoms with E-state index in [2.05, 4.69) is 86.0 Å². The quantitative estimate of drug-likeness (QED) is 0.192. The highest BCUT2D eigenvalue weighted by Crippen LogP contribution is 2.43. The summed E-state index contributed by atoms with van der Waals surface area (Å²) in [4.78, 5) is 15.5. The molecule has 4 aromatic heterocycles. The van der Waals surface area contributed by atoms with Crippen molar-refractivity contribution in [1.82, 2.24) is 19.4 Å². The number of aromatic hydroxyl groups is 1. The topological polar surface area (TPSA) is 76.5 Å². The molecule has 0 radical (unpaired) electrons. The van der Waals surface area contributed by atoms with Crippen LogP contribution in [0.3, 0.4) is 0 Å². The molecule has 0 saturated heterocycles. The zero-order chi connectivity index (χ0) is 34.6. The van der Waals surface area contributed by atoms with E-state index >= 15 is 0 Å². The number of nitrogens with zero attached hydrogens (tertiary/aromatic N) is 4. The number of phenols is 1. The molecule has 0 fully saturated rings. The summed E-state index contributed by atoms with van der Waals surface area (Å²) in [5.41, 5.74) is 12.4. The van der Waals surface area contributed by atoms with E-state index in [9.17, 15) is 5.11 Å². The predicted octanol–water partition coefficient (Wildman–Crippen LogP) is 11.5. The van der Waals surface area contributed by atoms with Gasteiger partial charge in [0.25, 0.3) is 0 Å². The third-order valence-corrected chi connectivity index (χ3v) is 9.64. The lowest BCUT2D eigenvalue weighted by Gasteiger charge is -2.14. The second kappa shape index (κ2) is 12.1. The highest BCUT2D eigenvalue weighted by molar-refractivity contribution is 6.11. The van der Waals surface area contributed by atoms with Crippen molar-refractivity contribution in [3.63, 3.8) is 0 Å². The normalized spacial score (nSPS) is 11.7. The molecule has 9 aromatic rings. The smallest absolute Gasteiger partial charge is 0.235 e. The largest absolute Gasteiger partial charge is 0.507 e. The van der Waals surface area contributed by atoms with Crippen LogP contribution >= 0.6 is 0 Å². The third kappa shape index (κ3) is 5.24. The fraction of sp³-hybridized carbons (Fsp3) is 0.0889. The number of furan rings is 1. The summed E-state index contributed by atoms with van der Waals surface area (Å²) in [6, 6.07) is 44.7. The van der Waals surface area contributed by atoms with Gasteiger partial charge in [-0.05, 0) is 78.1 Å². The summed E-state index contributed by atoms with van der Waals surface area (Å²) in [6.45, 7) is 6.40. The summed E-state index contributed by atoms with van der Waals surface area (Å²) >= 11 is 0. The van der Waals surface area contributed by atoms with Crippen molar-refractivity contribution < 1.29 is 9.52 Å². The summed E-state index contributed by atoms with van der Waals surface area (Å²) in [5.74, 6) is 1.08. The first-order valence-electron chi connectivity index (χ1n) is 17.2. The maximum absolute atomic E-state index is 11.0. The molecule has 0 saturated carbocycles. The lowest BCUT2D eigenvalue weighted by Crippen LogP contribution is -1.97. The number of phenolic OH excluding ortho intramolecular Hbond substituents is 1. The molecule has 0 atom stereocenters. The molecule has 0 spiro atoms. The average Bonchev–Trinajstić information content (AvgIpc) is 3.73. The number of benzene rings is 5. The van der Waals surface area contributed by atoms with Gasteiger partial charge in [-0.2, -0.15) is 0 Å². The van der Waals surface area contributed by atoms with Gasteiger partial charge in [-0.1, -0.05) is 98.8 Å². The lowest BCUT2D eigenvalue weighted by molar-refractivity contribution is 0.477. The minimum Gasteiger partial charge on any atom is -0.507 e. The lowest BCUT2D eigenvalue weighted by atomic mass is 9.94. The Hall–Kier alpha value is -6.53. The number of pyridine rings is 1. The number of para-hydroxylation sites is 2. The first-order valence-corrected chi connectivity index (χ1v) is 17.2. The van der Waals surface area contributed by atoms with E-state index in [1.807, 2.05) is 72.8 Å². The van der Waals surface area contributed by atoms with Crippen LogP contribution in [-0.4, -0.2) is 24.5 Å². The molecule has 0 bridgehead atoms. The molecule has 0 aliphatic heterocycles. The number of rotatable bonds is 6. The fourth-order valence-electron chi connectivity index (χ4n) is 7.04. The summed E-state index contributed by atoms with van der Waals surface area (Å²) in [5, 5.41) is 13.0. The Morgan fingerprint density at radius 3 is 2.10 bits per heavy atom. The molecule has 0 aliphatic carbocycles. The van der Waals surface area contributed by atoms with E-state index in [1.54, 1.807) is 6.07 Å². The van der Waals surface area contributed by atoms with Gasteiger partial charge in [0, 0.05) is 44.9 Å². The number of fused-ring (bicyclic) bond motifs is 4. The van der Waals surface area contributed by atoms with Crippen LogP contribution in [0.15, 0.2) is 144 Å². The number of hydrogen-bond donors (Lipinski definition) is 1. The van der Waals surface area contributed by atoms with E-state index in [0.29, 0.717) is 17.0 Å². The van der Waals surface area contributed by atoms with Crippen LogP contribution in [0.2, 0.25) is 0 Å². The summed E-state index contributed by atoms with van der Waals surface area (Å²) < 4.78 is 8.74. The molecule has 6 heteroatoms. The average molecular weight is 663 g/mol. The Bertz CT molecular complexity index is 2690. The minimum absolute atomic E-state index is 0.172. The van der Waals surface area contributed by atoms with Gasteiger partial charge in [0.15, 0.2) is 0 Å². The third-order valence-electron chi connectivity index (χ3n) is 9.64. The monoisotopic (exact) mass is 662 g/mol. The molecule has 4 heterocycles. The SMILES string of the molecule is Cc1ccccc1-c1cc(-c2ccccc2O)nc(-c2cc(-c3nc4nc(C(C)C)ccn4c3-c3ccccc3)cc3c2oc2ccccc23)c1. The van der Waals surface area contributed by atoms with Crippen LogP contribution in [0.5, 0.6) is 5.75 Å². The number of hydrogen-bond acceptors (Lipinski definition) is 5. The molecule has 51 heavy (non-hydrogen) atoms. The maximum Gasteiger partial charge on any atom is 0.235 e. The highest BCUT2D eigenvalue weighted by atomic mass is 16.3. The van der Waals surface area contributed by atoms with Crippen LogP contribution in [0.25, 0.3) is 83.9 Å². The predicted molar refractivity (Wildman–Crippen MR) is 206 cm³/mol. The first-order chi connectivity index (χ1) is 24.9. The molecule has 0 aliphatic rings. The van der Waals surface area contributed by atoms with Crippen molar-refractivity contribution in [3.8, 4) is 61.9 Å². The summed E-state index contributed by atoms with van der Waals surface area (Å²) in [7, 11) is 0. The van der Waals surface area contributed by atoms with Gasteiger partial charge in [-0.15, -0.1) is 0 Å². The van der Waals surface area contributed by atoms with Crippen molar-refractivity contribution in [2.24, 2.45) is 0 Å². The standard InChI is InChI=1S/C45H34N4O2/c1-27(2)37-21-22-49-43(29-14-5-4-6-15-29)42(48-45(49)47-37)31-23-35-33-17-10-12-20-41(33)51-44(35)36(24-31)39-26-30(32-16-8-7-13-28(32)3)25-38(46-39)34-18-9-11-19-40(34)50/h4-27,50H,1-3H3. The first kappa shape index (κ1) is 30.5. The van der Waals surface area contributed by atoms with Gasteiger partial charge < -0.3 is 9.52 Å². The second-order valence-corrected chi connectivity index (χ2v) is 13.3. The zero-order valence-corrected chi connectivity index (χ0v) is 28.5. The van der Waals surface area contributed by atoms with Crippen LogP contribution in [0.1, 0.15) is 31.0 Å². The number of aromatic nitrogens is 4. The molecular weight excluding hydrogens is 629 g/mol. The molecule has 0 unspecified atom stereocenters. The second-order valence-electron chi connectivity index (χ2n) is 13.3. The maximum atomic E-state index is 11.0. The molecular formula is C45H34N4O2. The Morgan fingerprint density at radius 2 is 1.31 bits per heavy atom. The van der Waals surface area contributed by atoms with E-state index in [1.165, 1.54) is 0 Å². The highest BCUT2D eigenvalue weighted by Gasteiger charge is 2.23. The fourth-order valence-corrected chi connectivity index (χ4v) is 7.04. The van der Waals surface area contributed by atoms with Gasteiger partial charge in [0.05, 0.1) is 22.8 Å². The Balaban J connectivity index is 1.37. The molecule has 1 N–H and O–H groups in total. The number of aryl methyl sites for hydroxylation is 1. The molecule has 9 rings (SSSR count).